The van der Waals surface area contributed by atoms with E-state index >= 15 is 0 Å². The van der Waals surface area contributed by atoms with Gasteiger partial charge in [-0.3, -0.25) is 4.79 Å². The lowest BCUT2D eigenvalue weighted by atomic mass is 9.87. The molecule has 0 aliphatic carbocycles. The first-order chi connectivity index (χ1) is 9.35. The normalized spacial score (nSPS) is 11.4. The van der Waals surface area contributed by atoms with Crippen LogP contribution in [-0.4, -0.2) is 12.5 Å². The van der Waals surface area contributed by atoms with Crippen molar-refractivity contribution in [2.24, 2.45) is 5.41 Å². The summed E-state index contributed by atoms with van der Waals surface area (Å²) >= 11 is 5.83. The quantitative estimate of drug-likeness (QED) is 0.583. The lowest BCUT2D eigenvalue weighted by molar-refractivity contribution is 0.0935. The number of halogens is 1. The summed E-state index contributed by atoms with van der Waals surface area (Å²) in [6.45, 7) is 7.19. The maximum absolute atomic E-state index is 12.1. The van der Waals surface area contributed by atoms with E-state index < -0.39 is 0 Å². The number of rotatable bonds is 7. The number of unbranched alkanes of at least 4 members (excludes halogenated alkanes) is 2. The molecule has 0 aliphatic rings. The zero-order valence-corrected chi connectivity index (χ0v) is 13.4. The number of amides is 1. The lowest BCUT2D eigenvalue weighted by Gasteiger charge is -2.25. The summed E-state index contributed by atoms with van der Waals surface area (Å²) < 4.78 is 0. The molecule has 0 aliphatic heterocycles. The van der Waals surface area contributed by atoms with Crippen LogP contribution in [0.3, 0.4) is 0 Å². The maximum atomic E-state index is 12.1. The van der Waals surface area contributed by atoms with Crippen LogP contribution in [0.5, 0.6) is 0 Å². The van der Waals surface area contributed by atoms with Crippen LogP contribution in [-0.2, 0) is 0 Å². The molecule has 0 unspecified atom stereocenters. The number of hydrogen-bond acceptors (Lipinski definition) is 2. The molecule has 112 valence electrons. The fourth-order valence-corrected chi connectivity index (χ4v) is 2.28. The van der Waals surface area contributed by atoms with Crippen LogP contribution in [0.25, 0.3) is 0 Å². The van der Waals surface area contributed by atoms with Crippen molar-refractivity contribution in [1.29, 1.82) is 0 Å². The van der Waals surface area contributed by atoms with Crippen molar-refractivity contribution < 1.29 is 4.79 Å². The Balaban J connectivity index is 2.54. The molecule has 3 nitrogen and oxygen atoms in total. The number of hydrogen-bond donors (Lipinski definition) is 2. The first-order valence-corrected chi connectivity index (χ1v) is 7.57. The molecule has 0 saturated heterocycles. The summed E-state index contributed by atoms with van der Waals surface area (Å²) in [7, 11) is 0. The highest BCUT2D eigenvalue weighted by atomic mass is 35.5. The number of anilines is 1. The standard InChI is InChI=1S/C16H25ClN2O/c1-4-5-6-9-16(2,3)11-19-15(20)13-8-7-12(17)10-14(13)18/h7-8,10H,4-6,9,11,18H2,1-3H3,(H,19,20). The van der Waals surface area contributed by atoms with Gasteiger partial charge in [-0.1, -0.05) is 51.6 Å². The lowest BCUT2D eigenvalue weighted by Crippen LogP contribution is -2.34. The molecule has 1 aromatic carbocycles. The minimum absolute atomic E-state index is 0.103. The Morgan fingerprint density at radius 2 is 2.05 bits per heavy atom. The number of benzene rings is 1. The van der Waals surface area contributed by atoms with E-state index in [-0.39, 0.29) is 11.3 Å². The van der Waals surface area contributed by atoms with Gasteiger partial charge < -0.3 is 11.1 Å². The van der Waals surface area contributed by atoms with Gasteiger partial charge >= 0.3 is 0 Å². The first-order valence-electron chi connectivity index (χ1n) is 7.19. The molecule has 4 heteroatoms. The van der Waals surface area contributed by atoms with Gasteiger partial charge in [0.1, 0.15) is 0 Å². The SMILES string of the molecule is CCCCCC(C)(C)CNC(=O)c1ccc(Cl)cc1N. The van der Waals surface area contributed by atoms with Gasteiger partial charge in [0.15, 0.2) is 0 Å². The molecular weight excluding hydrogens is 272 g/mol. The highest BCUT2D eigenvalue weighted by Gasteiger charge is 2.19. The summed E-state index contributed by atoms with van der Waals surface area (Å²) in [6.07, 6.45) is 4.75. The average molecular weight is 297 g/mol. The molecule has 0 heterocycles. The monoisotopic (exact) mass is 296 g/mol. The number of nitrogen functional groups attached to an aromatic ring is 1. The minimum atomic E-state index is -0.136. The van der Waals surface area contributed by atoms with E-state index in [1.165, 1.54) is 19.3 Å². The Morgan fingerprint density at radius 1 is 1.35 bits per heavy atom. The van der Waals surface area contributed by atoms with E-state index in [2.05, 4.69) is 26.1 Å². The molecule has 0 spiro atoms. The van der Waals surface area contributed by atoms with Crippen LogP contribution in [0.1, 0.15) is 56.8 Å². The van der Waals surface area contributed by atoms with Gasteiger partial charge in [0.25, 0.3) is 5.91 Å². The molecule has 0 saturated carbocycles. The van der Waals surface area contributed by atoms with Gasteiger partial charge in [-0.05, 0) is 30.0 Å². The van der Waals surface area contributed by atoms with Crippen LogP contribution in [0.15, 0.2) is 18.2 Å². The highest BCUT2D eigenvalue weighted by molar-refractivity contribution is 6.31. The molecule has 1 rings (SSSR count). The summed E-state index contributed by atoms with van der Waals surface area (Å²) in [5.41, 5.74) is 6.82. The third-order valence-electron chi connectivity index (χ3n) is 3.44. The van der Waals surface area contributed by atoms with Crippen molar-refractivity contribution in [2.45, 2.75) is 46.5 Å². The highest BCUT2D eigenvalue weighted by Crippen LogP contribution is 2.23. The Bertz CT molecular complexity index is 458. The van der Waals surface area contributed by atoms with Gasteiger partial charge in [0.2, 0.25) is 0 Å². The molecule has 0 atom stereocenters. The maximum Gasteiger partial charge on any atom is 0.253 e. The second-order valence-electron chi connectivity index (χ2n) is 6.04. The van der Waals surface area contributed by atoms with Gasteiger partial charge in [-0.15, -0.1) is 0 Å². The van der Waals surface area contributed by atoms with Crippen molar-refractivity contribution in [3.05, 3.63) is 28.8 Å². The smallest absolute Gasteiger partial charge is 0.253 e. The molecule has 0 bridgehead atoms. The molecule has 1 aromatic rings. The van der Waals surface area contributed by atoms with E-state index in [0.29, 0.717) is 22.8 Å². The second kappa shape index (κ2) is 7.53. The summed E-state index contributed by atoms with van der Waals surface area (Å²) in [5.74, 6) is -0.136. The fraction of sp³-hybridized carbons (Fsp3) is 0.562. The Morgan fingerprint density at radius 3 is 2.65 bits per heavy atom. The second-order valence-corrected chi connectivity index (χ2v) is 6.47. The van der Waals surface area contributed by atoms with Crippen LogP contribution in [0.4, 0.5) is 5.69 Å². The fourth-order valence-electron chi connectivity index (χ4n) is 2.10. The Hall–Kier alpha value is -1.22. The van der Waals surface area contributed by atoms with E-state index in [1.807, 2.05) is 0 Å². The molecular formula is C16H25ClN2O. The van der Waals surface area contributed by atoms with Crippen LogP contribution in [0, 0.1) is 5.41 Å². The number of carbonyl (C=O) groups is 1. The zero-order valence-electron chi connectivity index (χ0n) is 12.6. The number of nitrogens with one attached hydrogen (secondary N) is 1. The largest absolute Gasteiger partial charge is 0.398 e. The van der Waals surface area contributed by atoms with Crippen molar-refractivity contribution in [3.63, 3.8) is 0 Å². The minimum Gasteiger partial charge on any atom is -0.398 e. The molecule has 0 aromatic heterocycles. The third kappa shape index (κ3) is 5.41. The molecule has 0 radical (unpaired) electrons. The van der Waals surface area contributed by atoms with Crippen molar-refractivity contribution >= 4 is 23.2 Å². The van der Waals surface area contributed by atoms with Gasteiger partial charge in [-0.2, -0.15) is 0 Å². The zero-order chi connectivity index (χ0) is 15.2. The Kier molecular flexibility index (Phi) is 6.34. The summed E-state index contributed by atoms with van der Waals surface area (Å²) in [4.78, 5) is 12.1. The summed E-state index contributed by atoms with van der Waals surface area (Å²) in [5, 5.41) is 3.51. The number of nitrogens with two attached hydrogens (primary N) is 1. The van der Waals surface area contributed by atoms with E-state index in [9.17, 15) is 4.79 Å². The van der Waals surface area contributed by atoms with Crippen LogP contribution >= 0.6 is 11.6 Å². The van der Waals surface area contributed by atoms with Crippen molar-refractivity contribution in [3.8, 4) is 0 Å². The average Bonchev–Trinajstić information content (AvgIpc) is 2.36. The van der Waals surface area contributed by atoms with Crippen LogP contribution < -0.4 is 11.1 Å². The Labute approximate surface area is 126 Å². The number of carbonyl (C=O) groups excluding carboxylic acids is 1. The van der Waals surface area contributed by atoms with Gasteiger partial charge in [0, 0.05) is 17.3 Å². The van der Waals surface area contributed by atoms with Gasteiger partial charge in [-0.25, -0.2) is 0 Å². The van der Waals surface area contributed by atoms with E-state index in [1.54, 1.807) is 18.2 Å². The predicted octanol–water partition coefficient (Wildman–Crippen LogP) is 4.26. The molecule has 20 heavy (non-hydrogen) atoms. The van der Waals surface area contributed by atoms with Crippen LogP contribution in [0.2, 0.25) is 5.02 Å². The molecule has 1 amide bonds. The topological polar surface area (TPSA) is 55.1 Å². The van der Waals surface area contributed by atoms with E-state index in [4.69, 9.17) is 17.3 Å². The van der Waals surface area contributed by atoms with Crippen molar-refractivity contribution in [1.82, 2.24) is 5.32 Å². The third-order valence-corrected chi connectivity index (χ3v) is 3.68. The predicted molar refractivity (Wildman–Crippen MR) is 86.1 cm³/mol. The summed E-state index contributed by atoms with van der Waals surface area (Å²) in [6, 6.07) is 4.94. The molecule has 3 N–H and O–H groups in total. The van der Waals surface area contributed by atoms with E-state index in [0.717, 1.165) is 6.42 Å². The van der Waals surface area contributed by atoms with Crippen molar-refractivity contribution in [2.75, 3.05) is 12.3 Å². The van der Waals surface area contributed by atoms with Gasteiger partial charge in [0.05, 0.1) is 5.56 Å². The molecule has 0 fully saturated rings. The first kappa shape index (κ1) is 16.8.